The normalized spacial score (nSPS) is 17.6. The first-order valence-electron chi connectivity index (χ1n) is 10.1. The fourth-order valence-electron chi connectivity index (χ4n) is 3.79. The lowest BCUT2D eigenvalue weighted by Gasteiger charge is -2.23. The van der Waals surface area contributed by atoms with Crippen molar-refractivity contribution in [3.05, 3.63) is 41.9 Å². The summed E-state index contributed by atoms with van der Waals surface area (Å²) in [6.07, 6.45) is 2.02. The van der Waals surface area contributed by atoms with Crippen molar-refractivity contribution in [2.75, 3.05) is 6.54 Å². The van der Waals surface area contributed by atoms with Gasteiger partial charge < -0.3 is 9.73 Å². The summed E-state index contributed by atoms with van der Waals surface area (Å²) in [7, 11) is -3.83. The molecular weight excluding hydrogens is 406 g/mol. The Labute approximate surface area is 175 Å². The molecule has 1 aliphatic rings. The van der Waals surface area contributed by atoms with Crippen molar-refractivity contribution in [2.24, 2.45) is 0 Å². The van der Waals surface area contributed by atoms with E-state index in [1.165, 1.54) is 10.4 Å². The zero-order chi connectivity index (χ0) is 21.3. The van der Waals surface area contributed by atoms with Gasteiger partial charge in [-0.25, -0.2) is 13.1 Å². The number of rotatable bonds is 7. The van der Waals surface area contributed by atoms with Gasteiger partial charge in [0.15, 0.2) is 0 Å². The maximum atomic E-state index is 13.3. The molecule has 1 atom stereocenters. The molecule has 10 heteroatoms. The summed E-state index contributed by atoms with van der Waals surface area (Å²) >= 11 is 0. The molecule has 1 N–H and O–H groups in total. The van der Waals surface area contributed by atoms with E-state index in [1.807, 2.05) is 19.9 Å². The van der Waals surface area contributed by atoms with Crippen LogP contribution in [0.15, 0.2) is 39.6 Å². The number of amides is 1. The van der Waals surface area contributed by atoms with Crippen molar-refractivity contribution in [1.82, 2.24) is 24.6 Å². The Morgan fingerprint density at radius 1 is 1.30 bits per heavy atom. The lowest BCUT2D eigenvalue weighted by molar-refractivity contribution is -0.124. The summed E-state index contributed by atoms with van der Waals surface area (Å²) < 4.78 is 35.1. The molecule has 1 fully saturated rings. The minimum Gasteiger partial charge on any atom is -0.465 e. The van der Waals surface area contributed by atoms with E-state index in [1.54, 1.807) is 22.9 Å². The summed E-state index contributed by atoms with van der Waals surface area (Å²) in [6, 6.07) is 7.69. The van der Waals surface area contributed by atoms with Crippen LogP contribution in [-0.2, 0) is 27.9 Å². The smallest absolute Gasteiger partial charge is 0.243 e. The van der Waals surface area contributed by atoms with Crippen molar-refractivity contribution in [1.29, 1.82) is 0 Å². The van der Waals surface area contributed by atoms with Crippen LogP contribution in [0, 0.1) is 6.92 Å². The molecule has 0 aliphatic carbocycles. The fourth-order valence-corrected chi connectivity index (χ4v) is 5.46. The Morgan fingerprint density at radius 2 is 2.13 bits per heavy atom. The SMILES string of the molecule is CCCn1nnc2cc(S(=O)(=O)N3CCC[C@H]3C(=O)NCc3ccc(C)o3)ccc21. The van der Waals surface area contributed by atoms with Crippen molar-refractivity contribution in [2.45, 2.75) is 57.1 Å². The molecular formula is C20H25N5O4S. The minimum absolute atomic E-state index is 0.125. The highest BCUT2D eigenvalue weighted by atomic mass is 32.2. The van der Waals surface area contributed by atoms with Crippen LogP contribution in [-0.4, -0.2) is 46.2 Å². The Hall–Kier alpha value is -2.72. The molecule has 3 aromatic rings. The maximum Gasteiger partial charge on any atom is 0.243 e. The summed E-state index contributed by atoms with van der Waals surface area (Å²) in [6.45, 7) is 5.11. The van der Waals surface area contributed by atoms with Gasteiger partial charge in [-0.1, -0.05) is 12.1 Å². The van der Waals surface area contributed by atoms with Gasteiger partial charge in [-0.15, -0.1) is 5.10 Å². The highest BCUT2D eigenvalue weighted by molar-refractivity contribution is 7.89. The van der Waals surface area contributed by atoms with E-state index in [0.717, 1.165) is 17.7 Å². The molecule has 1 aliphatic heterocycles. The third-order valence-electron chi connectivity index (χ3n) is 5.27. The lowest BCUT2D eigenvalue weighted by Crippen LogP contribution is -2.45. The number of furan rings is 1. The summed E-state index contributed by atoms with van der Waals surface area (Å²) in [5.41, 5.74) is 1.32. The Kier molecular flexibility index (Phi) is 5.61. The van der Waals surface area contributed by atoms with Crippen LogP contribution >= 0.6 is 0 Å². The number of fused-ring (bicyclic) bond motifs is 1. The molecule has 2 aromatic heterocycles. The van der Waals surface area contributed by atoms with E-state index < -0.39 is 16.1 Å². The van der Waals surface area contributed by atoms with Gasteiger partial charge in [0.1, 0.15) is 23.1 Å². The number of nitrogens with zero attached hydrogens (tertiary/aromatic N) is 4. The molecule has 3 heterocycles. The third-order valence-corrected chi connectivity index (χ3v) is 7.17. The van der Waals surface area contributed by atoms with Crippen LogP contribution in [0.1, 0.15) is 37.7 Å². The first-order chi connectivity index (χ1) is 14.4. The number of carbonyl (C=O) groups is 1. The number of hydrogen-bond donors (Lipinski definition) is 1. The molecule has 30 heavy (non-hydrogen) atoms. The number of hydrogen-bond acceptors (Lipinski definition) is 6. The Morgan fingerprint density at radius 3 is 2.87 bits per heavy atom. The largest absolute Gasteiger partial charge is 0.465 e. The van der Waals surface area contributed by atoms with Gasteiger partial charge in [-0.05, 0) is 56.5 Å². The van der Waals surface area contributed by atoms with E-state index in [4.69, 9.17) is 4.42 Å². The third kappa shape index (κ3) is 3.84. The monoisotopic (exact) mass is 431 g/mol. The maximum absolute atomic E-state index is 13.3. The standard InChI is InChI=1S/C20H25N5O4S/c1-3-10-24-18-9-8-16(12-17(18)22-23-24)30(27,28)25-11-4-5-19(25)20(26)21-13-15-7-6-14(2)29-15/h6-9,12,19H,3-5,10-11,13H2,1-2H3,(H,21,26)/t19-/m0/s1. The van der Waals surface area contributed by atoms with E-state index in [2.05, 4.69) is 15.6 Å². The van der Waals surface area contributed by atoms with E-state index in [-0.39, 0.29) is 17.3 Å². The van der Waals surface area contributed by atoms with Crippen LogP contribution in [0.4, 0.5) is 0 Å². The molecule has 0 bridgehead atoms. The molecule has 0 radical (unpaired) electrons. The lowest BCUT2D eigenvalue weighted by atomic mass is 10.2. The van der Waals surface area contributed by atoms with Crippen molar-refractivity contribution >= 4 is 27.0 Å². The molecule has 0 unspecified atom stereocenters. The number of aryl methyl sites for hydroxylation is 2. The number of nitrogens with one attached hydrogen (secondary N) is 1. The highest BCUT2D eigenvalue weighted by Crippen LogP contribution is 2.28. The second kappa shape index (κ2) is 8.19. The number of benzene rings is 1. The van der Waals surface area contributed by atoms with E-state index in [9.17, 15) is 13.2 Å². The van der Waals surface area contributed by atoms with E-state index >= 15 is 0 Å². The second-order valence-corrected chi connectivity index (χ2v) is 9.36. The Balaban J connectivity index is 1.53. The summed E-state index contributed by atoms with van der Waals surface area (Å²) in [4.78, 5) is 12.8. The topological polar surface area (TPSA) is 110 Å². The number of aromatic nitrogens is 3. The molecule has 0 saturated carbocycles. The molecule has 4 rings (SSSR count). The van der Waals surface area contributed by atoms with Crippen molar-refractivity contribution in [3.8, 4) is 0 Å². The van der Waals surface area contributed by atoms with Crippen LogP contribution < -0.4 is 5.32 Å². The van der Waals surface area contributed by atoms with Crippen LogP contribution in [0.25, 0.3) is 11.0 Å². The quantitative estimate of drug-likeness (QED) is 0.614. The van der Waals surface area contributed by atoms with Gasteiger partial charge in [-0.2, -0.15) is 4.31 Å². The highest BCUT2D eigenvalue weighted by Gasteiger charge is 2.39. The average molecular weight is 432 g/mol. The molecule has 1 aromatic carbocycles. The van der Waals surface area contributed by atoms with Gasteiger partial charge in [0.25, 0.3) is 0 Å². The summed E-state index contributed by atoms with van der Waals surface area (Å²) in [5.74, 6) is 1.07. The van der Waals surface area contributed by atoms with Gasteiger partial charge in [0.2, 0.25) is 15.9 Å². The van der Waals surface area contributed by atoms with E-state index in [0.29, 0.717) is 37.2 Å². The van der Waals surface area contributed by atoms with Crippen LogP contribution in [0.3, 0.4) is 0 Å². The predicted molar refractivity (Wildman–Crippen MR) is 110 cm³/mol. The van der Waals surface area contributed by atoms with Gasteiger partial charge in [-0.3, -0.25) is 4.79 Å². The molecule has 9 nitrogen and oxygen atoms in total. The van der Waals surface area contributed by atoms with Crippen molar-refractivity contribution < 1.29 is 17.6 Å². The first kappa shape index (κ1) is 20.5. The molecule has 0 spiro atoms. The predicted octanol–water partition coefficient (Wildman–Crippen LogP) is 2.21. The van der Waals surface area contributed by atoms with Gasteiger partial charge in [0, 0.05) is 13.1 Å². The average Bonchev–Trinajstić information content (AvgIpc) is 3.46. The molecule has 160 valence electrons. The Bertz CT molecular complexity index is 1170. The first-order valence-corrected chi connectivity index (χ1v) is 11.5. The second-order valence-electron chi connectivity index (χ2n) is 7.47. The zero-order valence-electron chi connectivity index (χ0n) is 17.0. The van der Waals surface area contributed by atoms with Crippen molar-refractivity contribution in [3.63, 3.8) is 0 Å². The molecule has 1 amide bonds. The van der Waals surface area contributed by atoms with Gasteiger partial charge >= 0.3 is 0 Å². The molecule has 1 saturated heterocycles. The van der Waals surface area contributed by atoms with Gasteiger partial charge in [0.05, 0.1) is 17.0 Å². The zero-order valence-corrected chi connectivity index (χ0v) is 17.9. The number of carbonyl (C=O) groups excluding carboxylic acids is 1. The number of sulfonamides is 1. The minimum atomic E-state index is -3.83. The fraction of sp³-hybridized carbons (Fsp3) is 0.450. The summed E-state index contributed by atoms with van der Waals surface area (Å²) in [5, 5.41) is 11.0. The van der Waals surface area contributed by atoms with Crippen LogP contribution in [0.2, 0.25) is 0 Å². The van der Waals surface area contributed by atoms with Crippen LogP contribution in [0.5, 0.6) is 0 Å².